The maximum atomic E-state index is 10.8. The highest BCUT2D eigenvalue weighted by Crippen LogP contribution is 2.11. The number of hydrogen-bond donors (Lipinski definition) is 0. The van der Waals surface area contributed by atoms with Crippen molar-refractivity contribution in [1.82, 2.24) is 5.06 Å². The van der Waals surface area contributed by atoms with E-state index in [1.165, 1.54) is 19.1 Å². The summed E-state index contributed by atoms with van der Waals surface area (Å²) in [5.74, 6) is -0.372. The minimum atomic E-state index is -0.372. The SMILES string of the molecule is CO/N=C(\C#N)C1=CCCN(OC(C)=O)C1. The first-order valence-corrected chi connectivity index (χ1v) is 4.81. The molecule has 1 aliphatic rings. The van der Waals surface area contributed by atoms with Gasteiger partial charge in [-0.3, -0.25) is 4.79 Å². The van der Waals surface area contributed by atoms with E-state index in [1.807, 2.05) is 12.1 Å². The predicted octanol–water partition coefficient (Wildman–Crippen LogP) is 0.623. The molecule has 0 fully saturated rings. The molecule has 6 nitrogen and oxygen atoms in total. The van der Waals surface area contributed by atoms with Crippen LogP contribution >= 0.6 is 0 Å². The molecule has 0 atom stereocenters. The third-order valence-electron chi connectivity index (χ3n) is 1.97. The molecule has 86 valence electrons. The molecule has 0 N–H and O–H groups in total. The van der Waals surface area contributed by atoms with Crippen LogP contribution in [0.3, 0.4) is 0 Å². The first-order chi connectivity index (χ1) is 7.67. The third kappa shape index (κ3) is 3.37. The molecule has 0 bridgehead atoms. The van der Waals surface area contributed by atoms with Crippen LogP contribution in [0.15, 0.2) is 16.8 Å². The van der Waals surface area contributed by atoms with Gasteiger partial charge in [0.15, 0.2) is 5.71 Å². The van der Waals surface area contributed by atoms with Gasteiger partial charge in [-0.1, -0.05) is 11.2 Å². The van der Waals surface area contributed by atoms with Gasteiger partial charge in [0.2, 0.25) is 0 Å². The summed E-state index contributed by atoms with van der Waals surface area (Å²) in [6, 6.07) is 1.94. The Morgan fingerprint density at radius 2 is 2.44 bits per heavy atom. The van der Waals surface area contributed by atoms with E-state index in [0.717, 1.165) is 0 Å². The number of carbonyl (C=O) groups excluding carboxylic acids is 1. The number of hydroxylamine groups is 2. The molecule has 0 unspecified atom stereocenters. The molecular weight excluding hydrogens is 210 g/mol. The summed E-state index contributed by atoms with van der Waals surface area (Å²) in [4.78, 5) is 20.3. The third-order valence-corrected chi connectivity index (χ3v) is 1.97. The van der Waals surface area contributed by atoms with Crippen molar-refractivity contribution in [2.75, 3.05) is 20.2 Å². The standard InChI is InChI=1S/C10H13N3O3/c1-8(14)16-13-5-3-4-9(7-13)10(6-11)12-15-2/h4H,3,5,7H2,1-2H3/b12-10+. The van der Waals surface area contributed by atoms with Crippen LogP contribution in [-0.4, -0.2) is 36.9 Å². The van der Waals surface area contributed by atoms with Gasteiger partial charge < -0.3 is 9.68 Å². The van der Waals surface area contributed by atoms with Crippen LogP contribution in [0, 0.1) is 11.3 Å². The molecule has 0 saturated heterocycles. The quantitative estimate of drug-likeness (QED) is 0.518. The molecule has 1 aliphatic heterocycles. The highest BCUT2D eigenvalue weighted by molar-refractivity contribution is 6.11. The van der Waals surface area contributed by atoms with Gasteiger partial charge in [-0.2, -0.15) is 5.26 Å². The number of carbonyl (C=O) groups is 1. The normalized spacial score (nSPS) is 17.3. The van der Waals surface area contributed by atoms with E-state index in [2.05, 4.69) is 9.99 Å². The number of nitriles is 1. The predicted molar refractivity (Wildman–Crippen MR) is 56.1 cm³/mol. The van der Waals surface area contributed by atoms with Crippen molar-refractivity contribution in [2.24, 2.45) is 5.16 Å². The van der Waals surface area contributed by atoms with Crippen LogP contribution in [0.25, 0.3) is 0 Å². The average molecular weight is 223 g/mol. The second kappa shape index (κ2) is 5.88. The first-order valence-electron chi connectivity index (χ1n) is 4.81. The van der Waals surface area contributed by atoms with E-state index in [0.29, 0.717) is 25.1 Å². The summed E-state index contributed by atoms with van der Waals surface area (Å²) < 4.78 is 0. The molecule has 0 spiro atoms. The van der Waals surface area contributed by atoms with E-state index in [1.54, 1.807) is 0 Å². The van der Waals surface area contributed by atoms with Gasteiger partial charge in [-0.15, -0.1) is 5.06 Å². The molecule has 6 heteroatoms. The molecule has 16 heavy (non-hydrogen) atoms. The minimum absolute atomic E-state index is 0.208. The van der Waals surface area contributed by atoms with Gasteiger partial charge in [0.1, 0.15) is 13.2 Å². The summed E-state index contributed by atoms with van der Waals surface area (Å²) in [6.07, 6.45) is 2.59. The lowest BCUT2D eigenvalue weighted by atomic mass is 10.1. The van der Waals surface area contributed by atoms with Crippen LogP contribution in [0.5, 0.6) is 0 Å². The lowest BCUT2D eigenvalue weighted by Gasteiger charge is -2.24. The largest absolute Gasteiger partial charge is 0.398 e. The van der Waals surface area contributed by atoms with Crippen LogP contribution in [0.1, 0.15) is 13.3 Å². The Labute approximate surface area is 93.7 Å². The first kappa shape index (κ1) is 12.2. The lowest BCUT2D eigenvalue weighted by Crippen LogP contribution is -2.33. The summed E-state index contributed by atoms with van der Waals surface area (Å²) >= 11 is 0. The monoisotopic (exact) mass is 223 g/mol. The lowest BCUT2D eigenvalue weighted by molar-refractivity contribution is -0.186. The fourth-order valence-electron chi connectivity index (χ4n) is 1.39. The Kier molecular flexibility index (Phi) is 4.48. The number of oxime groups is 1. The fourth-order valence-corrected chi connectivity index (χ4v) is 1.39. The second-order valence-corrected chi connectivity index (χ2v) is 3.20. The Balaban J connectivity index is 2.69. The van der Waals surface area contributed by atoms with Crippen molar-refractivity contribution in [2.45, 2.75) is 13.3 Å². The van der Waals surface area contributed by atoms with Gasteiger partial charge in [0.25, 0.3) is 0 Å². The van der Waals surface area contributed by atoms with E-state index in [-0.39, 0.29) is 11.7 Å². The topological polar surface area (TPSA) is 74.9 Å². The number of rotatable bonds is 3. The average Bonchev–Trinajstić information content (AvgIpc) is 2.25. The zero-order valence-corrected chi connectivity index (χ0v) is 9.27. The number of nitrogens with zero attached hydrogens (tertiary/aromatic N) is 3. The highest BCUT2D eigenvalue weighted by atomic mass is 16.7. The van der Waals surface area contributed by atoms with Crippen molar-refractivity contribution >= 4 is 11.7 Å². The fraction of sp³-hybridized carbons (Fsp3) is 0.500. The molecule has 0 aliphatic carbocycles. The smallest absolute Gasteiger partial charge is 0.322 e. The maximum absolute atomic E-state index is 10.8. The van der Waals surface area contributed by atoms with Crippen LogP contribution in [0.4, 0.5) is 0 Å². The Bertz CT molecular complexity index is 368. The zero-order chi connectivity index (χ0) is 12.0. The molecule has 1 rings (SSSR count). The molecule has 0 aromatic heterocycles. The minimum Gasteiger partial charge on any atom is -0.398 e. The van der Waals surface area contributed by atoms with E-state index in [9.17, 15) is 4.79 Å². The summed E-state index contributed by atoms with van der Waals surface area (Å²) in [6.45, 7) is 2.32. The van der Waals surface area contributed by atoms with Gasteiger partial charge in [0.05, 0.1) is 6.54 Å². The molecule has 0 amide bonds. The van der Waals surface area contributed by atoms with E-state index < -0.39 is 0 Å². The highest BCUT2D eigenvalue weighted by Gasteiger charge is 2.19. The summed E-state index contributed by atoms with van der Waals surface area (Å²) in [5, 5.41) is 13.9. The van der Waals surface area contributed by atoms with Crippen LogP contribution in [0.2, 0.25) is 0 Å². The molecule has 0 aromatic rings. The summed E-state index contributed by atoms with van der Waals surface area (Å²) in [5.41, 5.74) is 0.913. The zero-order valence-electron chi connectivity index (χ0n) is 9.27. The van der Waals surface area contributed by atoms with Crippen LogP contribution in [-0.2, 0) is 14.5 Å². The van der Waals surface area contributed by atoms with Gasteiger partial charge in [-0.05, 0) is 6.42 Å². The number of hydrogen-bond acceptors (Lipinski definition) is 6. The van der Waals surface area contributed by atoms with Crippen molar-refractivity contribution in [3.05, 3.63) is 11.6 Å². The maximum Gasteiger partial charge on any atom is 0.322 e. The molecule has 0 saturated carbocycles. The van der Waals surface area contributed by atoms with Crippen molar-refractivity contribution in [3.8, 4) is 6.07 Å². The molecule has 0 radical (unpaired) electrons. The Morgan fingerprint density at radius 3 is 3.00 bits per heavy atom. The van der Waals surface area contributed by atoms with Crippen molar-refractivity contribution < 1.29 is 14.5 Å². The van der Waals surface area contributed by atoms with Gasteiger partial charge in [0, 0.05) is 19.0 Å². The van der Waals surface area contributed by atoms with Crippen molar-refractivity contribution in [3.63, 3.8) is 0 Å². The molecular formula is C10H13N3O3. The van der Waals surface area contributed by atoms with Gasteiger partial charge >= 0.3 is 5.97 Å². The Morgan fingerprint density at radius 1 is 1.69 bits per heavy atom. The van der Waals surface area contributed by atoms with E-state index >= 15 is 0 Å². The van der Waals surface area contributed by atoms with Crippen molar-refractivity contribution in [1.29, 1.82) is 5.26 Å². The second-order valence-electron chi connectivity index (χ2n) is 3.20. The van der Waals surface area contributed by atoms with E-state index in [4.69, 9.17) is 10.1 Å². The van der Waals surface area contributed by atoms with Gasteiger partial charge in [-0.25, -0.2) is 0 Å². The molecule has 0 aromatic carbocycles. The summed E-state index contributed by atoms with van der Waals surface area (Å²) in [7, 11) is 1.38. The molecule has 1 heterocycles. The Hall–Kier alpha value is -1.87. The van der Waals surface area contributed by atoms with Crippen LogP contribution < -0.4 is 0 Å².